The summed E-state index contributed by atoms with van der Waals surface area (Å²) < 4.78 is 0. The lowest BCUT2D eigenvalue weighted by Crippen LogP contribution is -2.51. The quantitative estimate of drug-likeness (QED) is 0.557. The maximum absolute atomic E-state index is 3.79. The van der Waals surface area contributed by atoms with E-state index in [4.69, 9.17) is 0 Å². The van der Waals surface area contributed by atoms with Gasteiger partial charge in [-0.25, -0.2) is 0 Å². The molecule has 3 aliphatic rings. The molecule has 2 fully saturated rings. The zero-order chi connectivity index (χ0) is 8.18. The molecule has 1 saturated heterocycles. The first-order valence-corrected chi connectivity index (χ1v) is 4.88. The van der Waals surface area contributed by atoms with Crippen LogP contribution in [0.25, 0.3) is 0 Å². The third-order valence-electron chi connectivity index (χ3n) is 3.99. The highest BCUT2D eigenvalue weighted by Gasteiger charge is 2.60. The first-order valence-electron chi connectivity index (χ1n) is 4.88. The molecule has 64 valence electrons. The van der Waals surface area contributed by atoms with Crippen LogP contribution in [0.3, 0.4) is 0 Å². The molecule has 3 rings (SSSR count). The zero-order valence-electron chi connectivity index (χ0n) is 7.37. The molecule has 1 nitrogen and oxygen atoms in total. The highest BCUT2D eigenvalue weighted by Crippen LogP contribution is 2.62. The number of rotatable bonds is 2. The number of hydrogen-bond donors (Lipinski definition) is 0. The maximum Gasteiger partial charge on any atom is 0.0161 e. The standard InChI is InChI=1S/C11H15N/c1-2-5-12-7-10-6-9-3-4-11(9,10)8-12/h2-4,9-10H,1,5-8H2/t9-,10+,11?/m0/s1. The first kappa shape index (κ1) is 6.90. The van der Waals surface area contributed by atoms with Crippen LogP contribution in [0.2, 0.25) is 0 Å². The molecule has 0 N–H and O–H groups in total. The van der Waals surface area contributed by atoms with Gasteiger partial charge < -0.3 is 0 Å². The molecule has 1 heterocycles. The van der Waals surface area contributed by atoms with Crippen LogP contribution in [0.5, 0.6) is 0 Å². The number of hydrogen-bond acceptors (Lipinski definition) is 1. The summed E-state index contributed by atoms with van der Waals surface area (Å²) in [5, 5.41) is 0. The lowest BCUT2D eigenvalue weighted by Gasteiger charge is -2.55. The van der Waals surface area contributed by atoms with Gasteiger partial charge in [-0.05, 0) is 18.3 Å². The van der Waals surface area contributed by atoms with Gasteiger partial charge in [0.25, 0.3) is 0 Å². The predicted octanol–water partition coefficient (Wildman–Crippen LogP) is 1.68. The average molecular weight is 161 g/mol. The van der Waals surface area contributed by atoms with Crippen molar-refractivity contribution in [2.45, 2.75) is 6.42 Å². The molecule has 0 aromatic rings. The van der Waals surface area contributed by atoms with E-state index in [2.05, 4.69) is 23.6 Å². The lowest BCUT2D eigenvalue weighted by atomic mass is 9.48. The fraction of sp³-hybridized carbons (Fsp3) is 0.636. The summed E-state index contributed by atoms with van der Waals surface area (Å²) in [7, 11) is 0. The van der Waals surface area contributed by atoms with E-state index in [0.717, 1.165) is 18.4 Å². The Hall–Kier alpha value is -0.560. The Balaban J connectivity index is 1.77. The van der Waals surface area contributed by atoms with Crippen LogP contribution < -0.4 is 0 Å². The Morgan fingerprint density at radius 3 is 3.08 bits per heavy atom. The Bertz CT molecular complexity index is 256. The van der Waals surface area contributed by atoms with Crippen molar-refractivity contribution in [1.82, 2.24) is 4.90 Å². The number of nitrogens with zero attached hydrogens (tertiary/aromatic N) is 1. The maximum atomic E-state index is 3.79. The Kier molecular flexibility index (Phi) is 1.16. The molecule has 1 unspecified atom stereocenters. The fourth-order valence-corrected chi connectivity index (χ4v) is 3.21. The van der Waals surface area contributed by atoms with Gasteiger partial charge in [-0.15, -0.1) is 6.58 Å². The van der Waals surface area contributed by atoms with Crippen LogP contribution >= 0.6 is 0 Å². The third-order valence-corrected chi connectivity index (χ3v) is 3.99. The van der Waals surface area contributed by atoms with Crippen molar-refractivity contribution in [3.05, 3.63) is 24.8 Å². The van der Waals surface area contributed by atoms with Crippen molar-refractivity contribution in [2.75, 3.05) is 19.6 Å². The second-order valence-corrected chi connectivity index (χ2v) is 4.49. The molecule has 0 bridgehead atoms. The van der Waals surface area contributed by atoms with Gasteiger partial charge in [0, 0.05) is 25.0 Å². The largest absolute Gasteiger partial charge is 0.298 e. The molecule has 1 heteroatoms. The van der Waals surface area contributed by atoms with Gasteiger partial charge in [-0.3, -0.25) is 4.90 Å². The zero-order valence-corrected chi connectivity index (χ0v) is 7.37. The molecule has 12 heavy (non-hydrogen) atoms. The van der Waals surface area contributed by atoms with Crippen LogP contribution in [0.4, 0.5) is 0 Å². The molecule has 0 amide bonds. The molecule has 2 aliphatic carbocycles. The average Bonchev–Trinajstić information content (AvgIpc) is 2.39. The summed E-state index contributed by atoms with van der Waals surface area (Å²) in [6.07, 6.45) is 8.33. The molecule has 0 aromatic carbocycles. The Morgan fingerprint density at radius 2 is 2.58 bits per heavy atom. The van der Waals surface area contributed by atoms with Crippen molar-refractivity contribution in [2.24, 2.45) is 17.3 Å². The van der Waals surface area contributed by atoms with Crippen LogP contribution in [-0.4, -0.2) is 24.5 Å². The molecule has 0 aromatic heterocycles. The highest BCUT2D eigenvalue weighted by atomic mass is 15.2. The summed E-state index contributed by atoms with van der Waals surface area (Å²) in [6, 6.07) is 0. The van der Waals surface area contributed by atoms with Gasteiger partial charge in [0.15, 0.2) is 0 Å². The van der Waals surface area contributed by atoms with E-state index < -0.39 is 0 Å². The highest BCUT2D eigenvalue weighted by molar-refractivity contribution is 5.31. The minimum absolute atomic E-state index is 0.642. The summed E-state index contributed by atoms with van der Waals surface area (Å²) in [4.78, 5) is 2.54. The first-order chi connectivity index (χ1) is 5.85. The van der Waals surface area contributed by atoms with Gasteiger partial charge >= 0.3 is 0 Å². The van der Waals surface area contributed by atoms with Gasteiger partial charge in [-0.2, -0.15) is 0 Å². The topological polar surface area (TPSA) is 3.24 Å². The van der Waals surface area contributed by atoms with E-state index in [9.17, 15) is 0 Å². The van der Waals surface area contributed by atoms with Crippen LogP contribution in [0, 0.1) is 17.3 Å². The molecular formula is C11H15N. The second kappa shape index (κ2) is 2.02. The van der Waals surface area contributed by atoms with Crippen LogP contribution in [0.1, 0.15) is 6.42 Å². The predicted molar refractivity (Wildman–Crippen MR) is 49.8 cm³/mol. The summed E-state index contributed by atoms with van der Waals surface area (Å²) in [6.45, 7) is 7.49. The third kappa shape index (κ3) is 0.601. The van der Waals surface area contributed by atoms with Crippen molar-refractivity contribution < 1.29 is 0 Å². The monoisotopic (exact) mass is 161 g/mol. The molecule has 1 aliphatic heterocycles. The lowest BCUT2D eigenvalue weighted by molar-refractivity contribution is 0.0454. The fourth-order valence-electron chi connectivity index (χ4n) is 3.21. The number of allylic oxidation sites excluding steroid dienone is 1. The van der Waals surface area contributed by atoms with Crippen molar-refractivity contribution in [1.29, 1.82) is 0 Å². The normalized spacial score (nSPS) is 49.0. The molecule has 1 saturated carbocycles. The van der Waals surface area contributed by atoms with E-state index in [1.165, 1.54) is 19.5 Å². The summed E-state index contributed by atoms with van der Waals surface area (Å²) in [5.74, 6) is 1.92. The van der Waals surface area contributed by atoms with Gasteiger partial charge in [0.2, 0.25) is 0 Å². The van der Waals surface area contributed by atoms with E-state index >= 15 is 0 Å². The summed E-state index contributed by atoms with van der Waals surface area (Å²) in [5.41, 5.74) is 0.642. The van der Waals surface area contributed by atoms with Crippen molar-refractivity contribution >= 4 is 0 Å². The van der Waals surface area contributed by atoms with Crippen LogP contribution in [-0.2, 0) is 0 Å². The smallest absolute Gasteiger partial charge is 0.0161 e. The van der Waals surface area contributed by atoms with E-state index in [0.29, 0.717) is 5.41 Å². The minimum Gasteiger partial charge on any atom is -0.298 e. The number of likely N-dealkylation sites (tertiary alicyclic amines) is 1. The molecule has 3 atom stereocenters. The molecular weight excluding hydrogens is 146 g/mol. The summed E-state index contributed by atoms with van der Waals surface area (Å²) >= 11 is 0. The van der Waals surface area contributed by atoms with E-state index in [1.807, 2.05) is 6.08 Å². The Morgan fingerprint density at radius 1 is 1.67 bits per heavy atom. The van der Waals surface area contributed by atoms with Crippen molar-refractivity contribution in [3.8, 4) is 0 Å². The second-order valence-electron chi connectivity index (χ2n) is 4.49. The van der Waals surface area contributed by atoms with Crippen molar-refractivity contribution in [3.63, 3.8) is 0 Å². The molecule has 0 radical (unpaired) electrons. The van der Waals surface area contributed by atoms with Crippen LogP contribution in [0.15, 0.2) is 24.8 Å². The Labute approximate surface area is 73.8 Å². The SMILES string of the molecule is C=CCN1C[C@H]2C[C@@H]3C=CC23C1. The van der Waals surface area contributed by atoms with E-state index in [1.54, 1.807) is 0 Å². The van der Waals surface area contributed by atoms with Gasteiger partial charge in [-0.1, -0.05) is 18.2 Å². The molecule has 1 spiro atoms. The van der Waals surface area contributed by atoms with E-state index in [-0.39, 0.29) is 0 Å². The minimum atomic E-state index is 0.642. The van der Waals surface area contributed by atoms with Gasteiger partial charge in [0.05, 0.1) is 0 Å². The van der Waals surface area contributed by atoms with Gasteiger partial charge in [0.1, 0.15) is 0 Å².